The first-order chi connectivity index (χ1) is 16.8. The van der Waals surface area contributed by atoms with E-state index >= 15 is 0 Å². The van der Waals surface area contributed by atoms with Crippen molar-refractivity contribution in [3.63, 3.8) is 0 Å². The van der Waals surface area contributed by atoms with Crippen LogP contribution in [-0.2, 0) is 0 Å². The van der Waals surface area contributed by atoms with Crippen molar-refractivity contribution in [1.82, 2.24) is 0 Å². The van der Waals surface area contributed by atoms with Crippen LogP contribution in [0, 0.1) is 0 Å². The highest BCUT2D eigenvalue weighted by atomic mass is 14.0. The summed E-state index contributed by atoms with van der Waals surface area (Å²) in [6.07, 6.45) is 8.64. The molecule has 0 fully saturated rings. The van der Waals surface area contributed by atoms with Crippen LogP contribution in [-0.4, -0.2) is 0 Å². The Morgan fingerprint density at radius 2 is 0.471 bits per heavy atom. The fourth-order valence-electron chi connectivity index (χ4n) is 3.94. The molecule has 0 atom stereocenters. The molecule has 0 amide bonds. The average molecular weight is 435 g/mol. The third kappa shape index (κ3) is 5.49. The summed E-state index contributed by atoms with van der Waals surface area (Å²) in [4.78, 5) is 0. The smallest absolute Gasteiger partial charge is 0.0184 e. The summed E-state index contributed by atoms with van der Waals surface area (Å²) in [7, 11) is 0. The number of hydrogen-bond donors (Lipinski definition) is 0. The molecule has 5 rings (SSSR count). The lowest BCUT2D eigenvalue weighted by Crippen LogP contribution is -1.79. The molecule has 0 aromatic heterocycles. The lowest BCUT2D eigenvalue weighted by Gasteiger charge is -2.02. The molecular weight excluding hydrogens is 408 g/mol. The Bertz CT molecular complexity index is 1260. The molecule has 34 heavy (non-hydrogen) atoms. The van der Waals surface area contributed by atoms with Crippen LogP contribution in [0.15, 0.2) is 133 Å². The molecule has 162 valence electrons. The van der Waals surface area contributed by atoms with Crippen molar-refractivity contribution in [3.8, 4) is 22.3 Å². The Hall–Kier alpha value is -4.42. The Labute approximate surface area is 202 Å². The molecule has 0 nitrogen and oxygen atoms in total. The molecule has 5 aromatic carbocycles. The Morgan fingerprint density at radius 3 is 0.765 bits per heavy atom. The molecule has 0 saturated carbocycles. The summed E-state index contributed by atoms with van der Waals surface area (Å²) in [5.74, 6) is 0. The van der Waals surface area contributed by atoms with Gasteiger partial charge in [-0.1, -0.05) is 158 Å². The Kier molecular flexibility index (Phi) is 6.59. The first kappa shape index (κ1) is 21.4. The topological polar surface area (TPSA) is 0 Å². The van der Waals surface area contributed by atoms with E-state index in [1.165, 1.54) is 44.5 Å². The van der Waals surface area contributed by atoms with Gasteiger partial charge in [-0.2, -0.15) is 0 Å². The second kappa shape index (κ2) is 10.5. The standard InChI is InChI=1S/C34H26/c1-3-7-31(8-4-1)33-23-19-29(20-24-33)17-15-27-11-13-28(14-12-27)16-18-30-21-25-34(26-22-30)32-9-5-2-6-10-32/h1-26H. The predicted molar refractivity (Wildman–Crippen MR) is 148 cm³/mol. The number of rotatable bonds is 6. The second-order valence-electron chi connectivity index (χ2n) is 8.31. The van der Waals surface area contributed by atoms with Gasteiger partial charge in [0, 0.05) is 0 Å². The van der Waals surface area contributed by atoms with Crippen LogP contribution in [0.4, 0.5) is 0 Å². The van der Waals surface area contributed by atoms with E-state index in [0.717, 1.165) is 0 Å². The lowest BCUT2D eigenvalue weighted by atomic mass is 10.0. The van der Waals surface area contributed by atoms with Crippen molar-refractivity contribution < 1.29 is 0 Å². The monoisotopic (exact) mass is 434 g/mol. The lowest BCUT2D eigenvalue weighted by molar-refractivity contribution is 1.59. The van der Waals surface area contributed by atoms with Gasteiger partial charge < -0.3 is 0 Å². The summed E-state index contributed by atoms with van der Waals surface area (Å²) >= 11 is 0. The molecular formula is C34H26. The van der Waals surface area contributed by atoms with Crippen LogP contribution < -0.4 is 0 Å². The molecule has 0 aliphatic carbocycles. The highest BCUT2D eigenvalue weighted by molar-refractivity contribution is 5.75. The van der Waals surface area contributed by atoms with E-state index in [4.69, 9.17) is 0 Å². The maximum Gasteiger partial charge on any atom is -0.0184 e. The van der Waals surface area contributed by atoms with Crippen molar-refractivity contribution >= 4 is 24.3 Å². The highest BCUT2D eigenvalue weighted by Gasteiger charge is 1.97. The minimum atomic E-state index is 1.19. The van der Waals surface area contributed by atoms with Gasteiger partial charge in [0.1, 0.15) is 0 Å². The quantitative estimate of drug-likeness (QED) is 0.234. The van der Waals surface area contributed by atoms with Gasteiger partial charge in [0.2, 0.25) is 0 Å². The molecule has 0 saturated heterocycles. The van der Waals surface area contributed by atoms with E-state index in [2.05, 4.69) is 146 Å². The van der Waals surface area contributed by atoms with Crippen molar-refractivity contribution in [2.45, 2.75) is 0 Å². The van der Waals surface area contributed by atoms with E-state index in [9.17, 15) is 0 Å². The molecule has 0 radical (unpaired) electrons. The molecule has 0 aliphatic rings. The Balaban J connectivity index is 1.21. The molecule has 0 aliphatic heterocycles. The van der Waals surface area contributed by atoms with Gasteiger partial charge in [-0.25, -0.2) is 0 Å². The summed E-state index contributed by atoms with van der Waals surface area (Å²) in [5, 5.41) is 0. The van der Waals surface area contributed by atoms with Crippen LogP contribution in [0.5, 0.6) is 0 Å². The number of benzene rings is 5. The van der Waals surface area contributed by atoms with Gasteiger partial charge in [-0.3, -0.25) is 0 Å². The molecule has 0 bridgehead atoms. The number of hydrogen-bond acceptors (Lipinski definition) is 0. The third-order valence-corrected chi connectivity index (χ3v) is 5.91. The normalized spacial score (nSPS) is 11.3. The molecule has 0 spiro atoms. The Morgan fingerprint density at radius 1 is 0.235 bits per heavy atom. The van der Waals surface area contributed by atoms with Crippen molar-refractivity contribution in [1.29, 1.82) is 0 Å². The van der Waals surface area contributed by atoms with Gasteiger partial charge in [0.05, 0.1) is 0 Å². The molecule has 0 N–H and O–H groups in total. The fourth-order valence-corrected chi connectivity index (χ4v) is 3.94. The van der Waals surface area contributed by atoms with E-state index in [1.54, 1.807) is 0 Å². The van der Waals surface area contributed by atoms with Crippen molar-refractivity contribution in [3.05, 3.63) is 156 Å². The first-order valence-corrected chi connectivity index (χ1v) is 11.6. The summed E-state index contributed by atoms with van der Waals surface area (Å²) < 4.78 is 0. The zero-order valence-corrected chi connectivity index (χ0v) is 19.0. The van der Waals surface area contributed by atoms with Crippen molar-refractivity contribution in [2.24, 2.45) is 0 Å². The van der Waals surface area contributed by atoms with Gasteiger partial charge in [-0.05, 0) is 44.5 Å². The summed E-state index contributed by atoms with van der Waals surface area (Å²) in [6, 6.07) is 46.9. The van der Waals surface area contributed by atoms with Crippen LogP contribution in [0.25, 0.3) is 46.6 Å². The molecule has 5 aromatic rings. The minimum Gasteiger partial charge on any atom is -0.0622 e. The van der Waals surface area contributed by atoms with Crippen LogP contribution in [0.2, 0.25) is 0 Å². The van der Waals surface area contributed by atoms with E-state index < -0.39 is 0 Å². The molecule has 0 unspecified atom stereocenters. The zero-order valence-electron chi connectivity index (χ0n) is 19.0. The first-order valence-electron chi connectivity index (χ1n) is 11.6. The van der Waals surface area contributed by atoms with Crippen LogP contribution >= 0.6 is 0 Å². The zero-order chi connectivity index (χ0) is 23.0. The van der Waals surface area contributed by atoms with Gasteiger partial charge in [0.25, 0.3) is 0 Å². The minimum absolute atomic E-state index is 1.19. The van der Waals surface area contributed by atoms with Crippen molar-refractivity contribution in [2.75, 3.05) is 0 Å². The SMILES string of the molecule is C(=Cc1ccc(-c2ccccc2)cc1)c1ccc(C=Cc2ccc(-c3ccccc3)cc2)cc1. The second-order valence-corrected chi connectivity index (χ2v) is 8.31. The maximum absolute atomic E-state index is 2.18. The van der Waals surface area contributed by atoms with Crippen LogP contribution in [0.1, 0.15) is 22.3 Å². The summed E-state index contributed by atoms with van der Waals surface area (Å²) in [6.45, 7) is 0. The largest absolute Gasteiger partial charge is 0.0622 e. The summed E-state index contributed by atoms with van der Waals surface area (Å²) in [5.41, 5.74) is 9.74. The van der Waals surface area contributed by atoms with E-state index in [0.29, 0.717) is 0 Å². The van der Waals surface area contributed by atoms with Gasteiger partial charge >= 0.3 is 0 Å². The van der Waals surface area contributed by atoms with E-state index in [1.807, 2.05) is 12.1 Å². The van der Waals surface area contributed by atoms with Gasteiger partial charge in [-0.15, -0.1) is 0 Å². The van der Waals surface area contributed by atoms with Crippen LogP contribution in [0.3, 0.4) is 0 Å². The predicted octanol–water partition coefficient (Wildman–Crippen LogP) is 9.36. The highest BCUT2D eigenvalue weighted by Crippen LogP contribution is 2.21. The van der Waals surface area contributed by atoms with Gasteiger partial charge in [0.15, 0.2) is 0 Å². The maximum atomic E-state index is 2.18. The molecule has 0 heteroatoms. The van der Waals surface area contributed by atoms with E-state index in [-0.39, 0.29) is 0 Å². The average Bonchev–Trinajstić information content (AvgIpc) is 2.93. The molecule has 0 heterocycles. The fraction of sp³-hybridized carbons (Fsp3) is 0. The third-order valence-electron chi connectivity index (χ3n) is 5.91.